The van der Waals surface area contributed by atoms with Gasteiger partial charge in [0.2, 0.25) is 5.91 Å². The Morgan fingerprint density at radius 2 is 0.644 bits per heavy atom. The zero-order valence-corrected chi connectivity index (χ0v) is 49.1. The molecule has 6 nitrogen and oxygen atoms in total. The molecule has 0 rings (SSSR count). The predicted octanol–water partition coefficient (Wildman–Crippen LogP) is 20.8. The predicted molar refractivity (Wildman–Crippen MR) is 319 cm³/mol. The molecule has 0 aliphatic rings. The molecule has 0 aliphatic heterocycles. The molecule has 6 heteroatoms. The molecule has 0 aliphatic carbocycles. The molecule has 73 heavy (non-hydrogen) atoms. The van der Waals surface area contributed by atoms with Gasteiger partial charge < -0.3 is 20.3 Å². The molecular weight excluding hydrogens is 899 g/mol. The second kappa shape index (κ2) is 62.6. The van der Waals surface area contributed by atoms with E-state index in [2.05, 4.69) is 43.5 Å². The van der Waals surface area contributed by atoms with Gasteiger partial charge in [0.1, 0.15) is 0 Å². The number of hydrogen-bond acceptors (Lipinski definition) is 5. The Hall–Kier alpha value is -1.92. The van der Waals surface area contributed by atoms with Gasteiger partial charge in [-0.25, -0.2) is 0 Å². The number of hydrogen-bond donors (Lipinski definition) is 3. The Balaban J connectivity index is 3.42. The van der Waals surface area contributed by atoms with Crippen LogP contribution < -0.4 is 5.32 Å². The van der Waals surface area contributed by atoms with Gasteiger partial charge in [-0.1, -0.05) is 294 Å². The summed E-state index contributed by atoms with van der Waals surface area (Å²) in [5.74, 6) is -0.0660. The van der Waals surface area contributed by atoms with Crippen LogP contribution in [-0.2, 0) is 14.3 Å². The highest BCUT2D eigenvalue weighted by Gasteiger charge is 2.18. The molecule has 0 spiro atoms. The van der Waals surface area contributed by atoms with E-state index in [0.29, 0.717) is 19.4 Å². The van der Waals surface area contributed by atoms with Crippen LogP contribution in [0, 0.1) is 0 Å². The number of aliphatic hydroxyl groups excluding tert-OH is 2. The molecule has 0 aromatic carbocycles. The van der Waals surface area contributed by atoms with Crippen molar-refractivity contribution in [2.75, 3.05) is 13.2 Å². The largest absolute Gasteiger partial charge is 0.466 e. The third kappa shape index (κ3) is 59.2. The Labute approximate surface area is 455 Å². The fourth-order valence-electron chi connectivity index (χ4n) is 10.1. The van der Waals surface area contributed by atoms with Crippen LogP contribution in [0.1, 0.15) is 354 Å². The first-order chi connectivity index (χ1) is 36.0. The van der Waals surface area contributed by atoms with E-state index >= 15 is 0 Å². The molecule has 3 N–H and O–H groups in total. The lowest BCUT2D eigenvalue weighted by Crippen LogP contribution is -2.45. The van der Waals surface area contributed by atoms with Crippen molar-refractivity contribution in [2.24, 2.45) is 0 Å². The van der Waals surface area contributed by atoms with Crippen LogP contribution in [0.5, 0.6) is 0 Å². The molecule has 0 bridgehead atoms. The lowest BCUT2D eigenvalue weighted by atomic mass is 10.0. The van der Waals surface area contributed by atoms with Gasteiger partial charge >= 0.3 is 5.97 Å². The van der Waals surface area contributed by atoms with Crippen LogP contribution in [0.3, 0.4) is 0 Å². The third-order valence-corrected chi connectivity index (χ3v) is 15.1. The average molecular weight is 1030 g/mol. The third-order valence-electron chi connectivity index (χ3n) is 15.1. The van der Waals surface area contributed by atoms with Crippen LogP contribution >= 0.6 is 0 Å². The number of carbonyl (C=O) groups is 2. The summed E-state index contributed by atoms with van der Waals surface area (Å²) < 4.78 is 5.49. The van der Waals surface area contributed by atoms with Crippen molar-refractivity contribution in [2.45, 2.75) is 366 Å². The molecule has 2 atom stereocenters. The molecular formula is C67H127NO5. The Morgan fingerprint density at radius 1 is 0.370 bits per heavy atom. The Morgan fingerprint density at radius 3 is 0.973 bits per heavy atom. The van der Waals surface area contributed by atoms with E-state index < -0.39 is 12.1 Å². The first-order valence-electron chi connectivity index (χ1n) is 32.8. The summed E-state index contributed by atoms with van der Waals surface area (Å²) >= 11 is 0. The monoisotopic (exact) mass is 1030 g/mol. The minimum absolute atomic E-state index is 0.00485. The van der Waals surface area contributed by atoms with Crippen molar-refractivity contribution < 1.29 is 24.5 Å². The number of allylic oxidation sites excluding steroid dienone is 5. The summed E-state index contributed by atoms with van der Waals surface area (Å²) in [4.78, 5) is 24.5. The standard InChI is InChI=1S/C67H127NO5/c1-3-5-7-9-11-13-15-17-19-31-35-39-43-47-51-55-59-65(70)64(63-69)68-66(71)60-56-52-48-44-40-36-32-29-27-25-23-21-22-24-26-28-30-34-38-42-46-50-54-58-62-73-67(72)61-57-53-49-45-41-37-33-20-18-16-14-12-10-8-6-4-2/h20,23,25,33,55,59,64-65,69-70H,3-19,21-22,24,26-32,34-54,56-58,60-63H2,1-2H3,(H,68,71)/b25-23-,33-20-,59-55+. The minimum Gasteiger partial charge on any atom is -0.466 e. The minimum atomic E-state index is -0.848. The number of rotatable bonds is 61. The van der Waals surface area contributed by atoms with Crippen molar-refractivity contribution >= 4 is 11.9 Å². The zero-order valence-electron chi connectivity index (χ0n) is 49.1. The summed E-state index contributed by atoms with van der Waals surface area (Å²) in [6.07, 6.45) is 79.1. The summed E-state index contributed by atoms with van der Waals surface area (Å²) in [6.45, 7) is 4.91. The van der Waals surface area contributed by atoms with E-state index in [-0.39, 0.29) is 18.5 Å². The van der Waals surface area contributed by atoms with E-state index in [9.17, 15) is 19.8 Å². The molecule has 1 amide bonds. The SMILES string of the molecule is CCCCCCCCC/C=C\CCCCCCCC(=O)OCCCCCCCCCCCCCC/C=C\CCCCCCCCCCC(=O)NC(CO)C(O)/C=C/CCCCCCCCCCCCCCCC. The van der Waals surface area contributed by atoms with Crippen molar-refractivity contribution in [1.82, 2.24) is 5.32 Å². The number of aliphatic hydroxyl groups is 2. The first kappa shape index (κ1) is 71.1. The summed E-state index contributed by atoms with van der Waals surface area (Å²) in [7, 11) is 0. The molecule has 0 aromatic rings. The van der Waals surface area contributed by atoms with Gasteiger partial charge in [-0.05, 0) is 83.5 Å². The van der Waals surface area contributed by atoms with Gasteiger partial charge in [-0.3, -0.25) is 9.59 Å². The molecule has 0 aromatic heterocycles. The van der Waals surface area contributed by atoms with Crippen LogP contribution in [0.2, 0.25) is 0 Å². The number of nitrogens with one attached hydrogen (secondary N) is 1. The summed E-state index contributed by atoms with van der Waals surface area (Å²) in [6, 6.07) is -0.631. The Kier molecular flexibility index (Phi) is 61.0. The number of carbonyl (C=O) groups excluding carboxylic acids is 2. The molecule has 2 unspecified atom stereocenters. The highest BCUT2D eigenvalue weighted by molar-refractivity contribution is 5.76. The lowest BCUT2D eigenvalue weighted by molar-refractivity contribution is -0.143. The molecule has 430 valence electrons. The first-order valence-corrected chi connectivity index (χ1v) is 32.8. The van der Waals surface area contributed by atoms with Gasteiger partial charge in [0.15, 0.2) is 0 Å². The van der Waals surface area contributed by atoms with Crippen LogP contribution in [0.15, 0.2) is 36.5 Å². The second-order valence-corrected chi connectivity index (χ2v) is 22.4. The zero-order chi connectivity index (χ0) is 52.9. The maximum Gasteiger partial charge on any atom is 0.305 e. The van der Waals surface area contributed by atoms with E-state index in [4.69, 9.17) is 4.74 Å². The molecule has 0 fully saturated rings. The Bertz CT molecular complexity index is 1180. The van der Waals surface area contributed by atoms with Gasteiger partial charge in [-0.15, -0.1) is 0 Å². The molecule has 0 saturated heterocycles. The van der Waals surface area contributed by atoms with Crippen LogP contribution in [0.25, 0.3) is 0 Å². The second-order valence-electron chi connectivity index (χ2n) is 22.4. The van der Waals surface area contributed by atoms with Gasteiger partial charge in [0, 0.05) is 12.8 Å². The summed E-state index contributed by atoms with van der Waals surface area (Å²) in [5, 5.41) is 23.2. The maximum atomic E-state index is 12.5. The van der Waals surface area contributed by atoms with Gasteiger partial charge in [0.25, 0.3) is 0 Å². The van der Waals surface area contributed by atoms with Crippen molar-refractivity contribution in [3.63, 3.8) is 0 Å². The van der Waals surface area contributed by atoms with Gasteiger partial charge in [-0.2, -0.15) is 0 Å². The quantitative estimate of drug-likeness (QED) is 0.0320. The van der Waals surface area contributed by atoms with Crippen molar-refractivity contribution in [3.8, 4) is 0 Å². The highest BCUT2D eigenvalue weighted by Crippen LogP contribution is 2.17. The van der Waals surface area contributed by atoms with Gasteiger partial charge in [0.05, 0.1) is 25.4 Å². The van der Waals surface area contributed by atoms with E-state index in [1.165, 1.54) is 283 Å². The lowest BCUT2D eigenvalue weighted by Gasteiger charge is -2.20. The average Bonchev–Trinajstić information content (AvgIpc) is 3.39. The maximum absolute atomic E-state index is 12.5. The fraction of sp³-hybridized carbons (Fsp3) is 0.881. The van der Waals surface area contributed by atoms with Crippen molar-refractivity contribution in [1.29, 1.82) is 0 Å². The normalized spacial score (nSPS) is 12.8. The van der Waals surface area contributed by atoms with Crippen molar-refractivity contribution in [3.05, 3.63) is 36.5 Å². The van der Waals surface area contributed by atoms with Crippen LogP contribution in [0.4, 0.5) is 0 Å². The van der Waals surface area contributed by atoms with E-state index in [1.807, 2.05) is 6.08 Å². The number of esters is 1. The molecule has 0 heterocycles. The smallest absolute Gasteiger partial charge is 0.305 e. The molecule has 0 radical (unpaired) electrons. The van der Waals surface area contributed by atoms with E-state index in [1.54, 1.807) is 6.08 Å². The van der Waals surface area contributed by atoms with E-state index in [0.717, 1.165) is 44.9 Å². The summed E-state index contributed by atoms with van der Waals surface area (Å²) in [5.41, 5.74) is 0. The fourth-order valence-corrected chi connectivity index (χ4v) is 10.1. The number of amides is 1. The number of ether oxygens (including phenoxy) is 1. The molecule has 0 saturated carbocycles. The topological polar surface area (TPSA) is 95.9 Å². The highest BCUT2D eigenvalue weighted by atomic mass is 16.5. The van der Waals surface area contributed by atoms with Crippen LogP contribution in [-0.4, -0.2) is 47.4 Å². The number of unbranched alkanes of at least 4 members (excludes halogenated alkanes) is 46.